The molecule has 0 atom stereocenters. The first-order valence-corrected chi connectivity index (χ1v) is 8.92. The van der Waals surface area contributed by atoms with E-state index >= 15 is 0 Å². The van der Waals surface area contributed by atoms with Crippen LogP contribution in [0.2, 0.25) is 0 Å². The molecule has 1 heterocycles. The van der Waals surface area contributed by atoms with Gasteiger partial charge in [0.05, 0.1) is 10.7 Å². The number of H-pyrrole nitrogens is 1. The number of rotatable bonds is 3. The number of aromatic amines is 1. The number of nitrogens with one attached hydrogen (secondary N) is 1. The maximum Gasteiger partial charge on any atom is 0.216 e. The van der Waals surface area contributed by atoms with E-state index in [-0.39, 0.29) is 5.75 Å². The zero-order valence-corrected chi connectivity index (χ0v) is 16.5. The number of aryl methyl sites for hydroxylation is 1. The molecule has 3 aromatic rings. The lowest BCUT2D eigenvalue weighted by Gasteiger charge is -2.04. The van der Waals surface area contributed by atoms with Gasteiger partial charge in [-0.3, -0.25) is 0 Å². The summed E-state index contributed by atoms with van der Waals surface area (Å²) in [6.07, 6.45) is 1.54. The quantitative estimate of drug-likeness (QED) is 0.419. The minimum atomic E-state index is 0.105. The zero-order valence-electron chi connectivity index (χ0n) is 12.5. The summed E-state index contributed by atoms with van der Waals surface area (Å²) in [6, 6.07) is 11.4. The van der Waals surface area contributed by atoms with Gasteiger partial charge in [-0.1, -0.05) is 45.8 Å². The Bertz CT molecular complexity index is 977. The molecule has 2 aromatic carbocycles. The minimum Gasteiger partial charge on any atom is -0.506 e. The van der Waals surface area contributed by atoms with Crippen LogP contribution in [-0.4, -0.2) is 26.2 Å². The lowest BCUT2D eigenvalue weighted by molar-refractivity contribution is 0.471. The van der Waals surface area contributed by atoms with E-state index < -0.39 is 0 Å². The Labute approximate surface area is 160 Å². The number of aromatic nitrogens is 3. The van der Waals surface area contributed by atoms with Gasteiger partial charge in [-0.25, -0.2) is 5.10 Å². The average molecular weight is 468 g/mol. The van der Waals surface area contributed by atoms with Crippen molar-refractivity contribution in [2.45, 2.75) is 6.92 Å². The fourth-order valence-electron chi connectivity index (χ4n) is 2.09. The van der Waals surface area contributed by atoms with E-state index in [0.29, 0.717) is 20.6 Å². The van der Waals surface area contributed by atoms with Gasteiger partial charge in [0.2, 0.25) is 4.77 Å². The number of phenolic OH excluding ortho intramolecular Hbond substituents is 1. The first-order valence-electron chi connectivity index (χ1n) is 6.92. The summed E-state index contributed by atoms with van der Waals surface area (Å²) in [5.41, 5.74) is 2.60. The summed E-state index contributed by atoms with van der Waals surface area (Å²) in [5, 5.41) is 21.5. The van der Waals surface area contributed by atoms with Crippen molar-refractivity contribution in [2.24, 2.45) is 5.10 Å². The molecule has 0 fully saturated rings. The van der Waals surface area contributed by atoms with Crippen LogP contribution in [0.1, 0.15) is 11.1 Å². The first-order chi connectivity index (χ1) is 11.5. The predicted molar refractivity (Wildman–Crippen MR) is 104 cm³/mol. The van der Waals surface area contributed by atoms with Gasteiger partial charge in [-0.2, -0.15) is 14.9 Å². The molecule has 3 rings (SSSR count). The van der Waals surface area contributed by atoms with Gasteiger partial charge in [0.25, 0.3) is 0 Å². The highest BCUT2D eigenvalue weighted by atomic mass is 79.9. The van der Waals surface area contributed by atoms with E-state index in [1.54, 1.807) is 12.1 Å². The number of hydrogen-bond donors (Lipinski definition) is 2. The number of benzene rings is 2. The molecule has 2 N–H and O–H groups in total. The standard InChI is InChI=1S/C16H12Br2N4OS/c1-9-2-4-10(5-3-9)15-20-21-16(24)22(15)19-8-11-6-12(17)7-13(18)14(11)23/h2-8,23H,1H3,(H,21,24)/b19-8+. The Kier molecular flexibility index (Phi) is 4.98. The van der Waals surface area contributed by atoms with Crippen molar-refractivity contribution in [3.05, 3.63) is 61.2 Å². The molecule has 0 amide bonds. The molecule has 0 aliphatic carbocycles. The van der Waals surface area contributed by atoms with Gasteiger partial charge in [0, 0.05) is 15.6 Å². The third-order valence-electron chi connectivity index (χ3n) is 3.33. The fourth-order valence-corrected chi connectivity index (χ4v) is 3.53. The third kappa shape index (κ3) is 3.50. The van der Waals surface area contributed by atoms with Crippen LogP contribution in [0, 0.1) is 11.7 Å². The van der Waals surface area contributed by atoms with Crippen LogP contribution in [0.3, 0.4) is 0 Å². The van der Waals surface area contributed by atoms with Gasteiger partial charge in [-0.05, 0) is 47.2 Å². The van der Waals surface area contributed by atoms with Crippen LogP contribution >= 0.6 is 44.1 Å². The molecule has 0 saturated carbocycles. The molecule has 122 valence electrons. The van der Waals surface area contributed by atoms with Crippen LogP contribution in [0.4, 0.5) is 0 Å². The summed E-state index contributed by atoms with van der Waals surface area (Å²) in [6.45, 7) is 2.02. The fraction of sp³-hybridized carbons (Fsp3) is 0.0625. The van der Waals surface area contributed by atoms with Crippen molar-refractivity contribution < 1.29 is 5.11 Å². The molecule has 5 nitrogen and oxygen atoms in total. The van der Waals surface area contributed by atoms with Crippen LogP contribution in [0.5, 0.6) is 5.75 Å². The van der Waals surface area contributed by atoms with E-state index in [2.05, 4.69) is 47.2 Å². The summed E-state index contributed by atoms with van der Waals surface area (Å²) in [5.74, 6) is 0.707. The van der Waals surface area contributed by atoms with E-state index in [1.165, 1.54) is 10.9 Å². The number of phenols is 1. The van der Waals surface area contributed by atoms with Crippen LogP contribution in [0.25, 0.3) is 11.4 Å². The van der Waals surface area contributed by atoms with Crippen molar-refractivity contribution in [1.29, 1.82) is 0 Å². The Balaban J connectivity index is 2.04. The Morgan fingerprint density at radius 1 is 1.25 bits per heavy atom. The molecule has 0 aliphatic rings. The Morgan fingerprint density at radius 2 is 1.96 bits per heavy atom. The van der Waals surface area contributed by atoms with Gasteiger partial charge >= 0.3 is 0 Å². The summed E-state index contributed by atoms with van der Waals surface area (Å²) in [7, 11) is 0. The Morgan fingerprint density at radius 3 is 2.67 bits per heavy atom. The lowest BCUT2D eigenvalue weighted by atomic mass is 10.1. The molecule has 8 heteroatoms. The molecule has 0 unspecified atom stereocenters. The second kappa shape index (κ2) is 7.00. The molecule has 0 saturated heterocycles. The van der Waals surface area contributed by atoms with Gasteiger partial charge in [0.1, 0.15) is 5.75 Å². The van der Waals surface area contributed by atoms with Crippen molar-refractivity contribution in [2.75, 3.05) is 0 Å². The minimum absolute atomic E-state index is 0.105. The normalized spacial score (nSPS) is 11.3. The largest absolute Gasteiger partial charge is 0.506 e. The molecule has 0 spiro atoms. The highest BCUT2D eigenvalue weighted by Gasteiger charge is 2.09. The number of halogens is 2. The average Bonchev–Trinajstić information content (AvgIpc) is 2.91. The van der Waals surface area contributed by atoms with E-state index in [0.717, 1.165) is 15.6 Å². The van der Waals surface area contributed by atoms with Crippen molar-refractivity contribution in [3.8, 4) is 17.1 Å². The molecule has 24 heavy (non-hydrogen) atoms. The summed E-state index contributed by atoms with van der Waals surface area (Å²) in [4.78, 5) is 0. The summed E-state index contributed by atoms with van der Waals surface area (Å²) < 4.78 is 3.29. The van der Waals surface area contributed by atoms with E-state index in [9.17, 15) is 5.11 Å². The van der Waals surface area contributed by atoms with Gasteiger partial charge in [-0.15, -0.1) is 0 Å². The van der Waals surface area contributed by atoms with E-state index in [1.807, 2.05) is 31.2 Å². The molecule has 0 radical (unpaired) electrons. The maximum absolute atomic E-state index is 10.1. The topological polar surface area (TPSA) is 66.2 Å². The molecular weight excluding hydrogens is 456 g/mol. The predicted octanol–water partition coefficient (Wildman–Crippen LogP) is 5.03. The van der Waals surface area contributed by atoms with Gasteiger partial charge < -0.3 is 5.11 Å². The zero-order chi connectivity index (χ0) is 17.3. The van der Waals surface area contributed by atoms with Crippen molar-refractivity contribution in [3.63, 3.8) is 0 Å². The monoisotopic (exact) mass is 466 g/mol. The van der Waals surface area contributed by atoms with Crippen LogP contribution in [-0.2, 0) is 0 Å². The third-order valence-corrected chi connectivity index (χ3v) is 4.66. The molecule has 0 bridgehead atoms. The lowest BCUT2D eigenvalue weighted by Crippen LogP contribution is -1.95. The number of hydrogen-bond acceptors (Lipinski definition) is 4. The Hall–Kier alpha value is -1.77. The molecule has 0 aliphatic heterocycles. The highest BCUT2D eigenvalue weighted by Crippen LogP contribution is 2.30. The van der Waals surface area contributed by atoms with Gasteiger partial charge in [0.15, 0.2) is 5.82 Å². The first kappa shape index (κ1) is 17.1. The second-order valence-corrected chi connectivity index (χ2v) is 7.26. The summed E-state index contributed by atoms with van der Waals surface area (Å²) >= 11 is 11.9. The van der Waals surface area contributed by atoms with Crippen LogP contribution < -0.4 is 0 Å². The molecular formula is C16H12Br2N4OS. The van der Waals surface area contributed by atoms with Crippen LogP contribution in [0.15, 0.2) is 50.4 Å². The number of nitrogens with zero attached hydrogens (tertiary/aromatic N) is 3. The molecule has 1 aromatic heterocycles. The smallest absolute Gasteiger partial charge is 0.216 e. The van der Waals surface area contributed by atoms with E-state index in [4.69, 9.17) is 12.2 Å². The highest BCUT2D eigenvalue weighted by molar-refractivity contribution is 9.11. The second-order valence-electron chi connectivity index (χ2n) is 5.10. The maximum atomic E-state index is 10.1. The SMILES string of the molecule is Cc1ccc(-c2n[nH]c(=S)n2/N=C/c2cc(Br)cc(Br)c2O)cc1. The van der Waals surface area contributed by atoms with Crippen molar-refractivity contribution in [1.82, 2.24) is 14.9 Å². The number of aromatic hydroxyl groups is 1. The van der Waals surface area contributed by atoms with Crippen molar-refractivity contribution >= 4 is 50.3 Å².